The number of hydrogen-bond acceptors (Lipinski definition) is 4. The molecule has 0 aromatic heterocycles. The zero-order chi connectivity index (χ0) is 15.2. The van der Waals surface area contributed by atoms with Crippen LogP contribution in [-0.4, -0.2) is 28.7 Å². The molecule has 0 fully saturated rings. The Morgan fingerprint density at radius 2 is 1.95 bits per heavy atom. The molecule has 5 nitrogen and oxygen atoms in total. The van der Waals surface area contributed by atoms with Crippen molar-refractivity contribution in [1.29, 1.82) is 0 Å². The summed E-state index contributed by atoms with van der Waals surface area (Å²) < 4.78 is 32.4. The lowest BCUT2D eigenvalue weighted by Crippen LogP contribution is -2.35. The van der Waals surface area contributed by atoms with Gasteiger partial charge >= 0.3 is 0 Å². The Bertz CT molecular complexity index is 527. The lowest BCUT2D eigenvalue weighted by Gasteiger charge is -2.24. The summed E-state index contributed by atoms with van der Waals surface area (Å²) in [6.45, 7) is 5.17. The second-order valence-electron chi connectivity index (χ2n) is 5.54. The van der Waals surface area contributed by atoms with Crippen LogP contribution in [0.3, 0.4) is 0 Å². The molecule has 0 heterocycles. The SMILES string of the molecule is COCCC(C)(C)CNS(=O)(=O)c1ccccc1CN. The molecule has 3 N–H and O–H groups in total. The number of nitrogens with one attached hydrogen (secondary N) is 1. The monoisotopic (exact) mass is 300 g/mol. The molecule has 0 aliphatic rings. The highest BCUT2D eigenvalue weighted by molar-refractivity contribution is 7.89. The smallest absolute Gasteiger partial charge is 0.240 e. The summed E-state index contributed by atoms with van der Waals surface area (Å²) in [7, 11) is -1.90. The second kappa shape index (κ2) is 7.17. The van der Waals surface area contributed by atoms with Gasteiger partial charge in [0.25, 0.3) is 0 Å². The minimum atomic E-state index is -3.53. The van der Waals surface area contributed by atoms with E-state index in [2.05, 4.69) is 4.72 Å². The van der Waals surface area contributed by atoms with Crippen LogP contribution in [0.2, 0.25) is 0 Å². The van der Waals surface area contributed by atoms with Crippen LogP contribution >= 0.6 is 0 Å². The third-order valence-corrected chi connectivity index (χ3v) is 4.71. The molecule has 0 aliphatic heterocycles. The van der Waals surface area contributed by atoms with Crippen molar-refractivity contribution in [2.75, 3.05) is 20.3 Å². The van der Waals surface area contributed by atoms with Crippen molar-refractivity contribution in [3.8, 4) is 0 Å². The van der Waals surface area contributed by atoms with Gasteiger partial charge in [-0.05, 0) is 23.5 Å². The van der Waals surface area contributed by atoms with Crippen LogP contribution in [0.1, 0.15) is 25.8 Å². The van der Waals surface area contributed by atoms with Crippen LogP contribution in [0, 0.1) is 5.41 Å². The van der Waals surface area contributed by atoms with Gasteiger partial charge in [0.15, 0.2) is 0 Å². The number of methoxy groups -OCH3 is 1. The van der Waals surface area contributed by atoms with Crippen LogP contribution < -0.4 is 10.5 Å². The number of sulfonamides is 1. The Labute approximate surface area is 121 Å². The maximum absolute atomic E-state index is 12.3. The Kier molecular flexibility index (Phi) is 6.13. The van der Waals surface area contributed by atoms with Crippen LogP contribution in [0.4, 0.5) is 0 Å². The van der Waals surface area contributed by atoms with E-state index in [-0.39, 0.29) is 16.9 Å². The molecule has 1 rings (SSSR count). The molecule has 6 heteroatoms. The van der Waals surface area contributed by atoms with Gasteiger partial charge in [-0.2, -0.15) is 0 Å². The van der Waals surface area contributed by atoms with Gasteiger partial charge in [0.05, 0.1) is 4.90 Å². The summed E-state index contributed by atoms with van der Waals surface area (Å²) in [5, 5.41) is 0. The first kappa shape index (κ1) is 17.1. The molecule has 0 bridgehead atoms. The van der Waals surface area contributed by atoms with Crippen molar-refractivity contribution >= 4 is 10.0 Å². The van der Waals surface area contributed by atoms with Crippen LogP contribution in [0.25, 0.3) is 0 Å². The molecule has 0 saturated carbocycles. The quantitative estimate of drug-likeness (QED) is 0.762. The molecular formula is C14H24N2O3S. The maximum Gasteiger partial charge on any atom is 0.240 e. The second-order valence-corrected chi connectivity index (χ2v) is 7.28. The van der Waals surface area contributed by atoms with Gasteiger partial charge in [-0.3, -0.25) is 0 Å². The highest BCUT2D eigenvalue weighted by Crippen LogP contribution is 2.21. The summed E-state index contributed by atoms with van der Waals surface area (Å²) >= 11 is 0. The van der Waals surface area contributed by atoms with Crippen molar-refractivity contribution in [3.63, 3.8) is 0 Å². The number of nitrogens with two attached hydrogens (primary N) is 1. The number of hydrogen-bond donors (Lipinski definition) is 2. The molecule has 0 aliphatic carbocycles. The van der Waals surface area contributed by atoms with Gasteiger partial charge in [-0.15, -0.1) is 0 Å². The summed E-state index contributed by atoms with van der Waals surface area (Å²) in [5.41, 5.74) is 6.04. The lowest BCUT2D eigenvalue weighted by molar-refractivity contribution is 0.153. The predicted molar refractivity (Wildman–Crippen MR) is 79.8 cm³/mol. The summed E-state index contributed by atoms with van der Waals surface area (Å²) in [6, 6.07) is 6.78. The zero-order valence-corrected chi connectivity index (χ0v) is 13.2. The van der Waals surface area contributed by atoms with E-state index in [9.17, 15) is 8.42 Å². The first-order valence-electron chi connectivity index (χ1n) is 6.59. The van der Waals surface area contributed by atoms with Gasteiger partial charge < -0.3 is 10.5 Å². The summed E-state index contributed by atoms with van der Waals surface area (Å²) in [4.78, 5) is 0.255. The summed E-state index contributed by atoms with van der Waals surface area (Å²) in [6.07, 6.45) is 0.782. The molecule has 1 aromatic rings. The van der Waals surface area contributed by atoms with Gasteiger partial charge in [0.2, 0.25) is 10.0 Å². The van der Waals surface area contributed by atoms with E-state index < -0.39 is 10.0 Å². The van der Waals surface area contributed by atoms with Crippen LogP contribution in [-0.2, 0) is 21.3 Å². The zero-order valence-electron chi connectivity index (χ0n) is 12.3. The molecular weight excluding hydrogens is 276 g/mol. The minimum absolute atomic E-state index is 0.166. The van der Waals surface area contributed by atoms with E-state index in [0.29, 0.717) is 18.7 Å². The van der Waals surface area contributed by atoms with Crippen molar-refractivity contribution < 1.29 is 13.2 Å². The lowest BCUT2D eigenvalue weighted by atomic mass is 9.90. The van der Waals surface area contributed by atoms with Gasteiger partial charge in [0, 0.05) is 26.8 Å². The Morgan fingerprint density at radius 3 is 2.55 bits per heavy atom. The molecule has 0 atom stereocenters. The molecule has 0 saturated heterocycles. The van der Waals surface area contributed by atoms with E-state index in [1.165, 1.54) is 0 Å². The van der Waals surface area contributed by atoms with Gasteiger partial charge in [0.1, 0.15) is 0 Å². The molecule has 0 spiro atoms. The maximum atomic E-state index is 12.3. The average molecular weight is 300 g/mol. The topological polar surface area (TPSA) is 81.4 Å². The van der Waals surface area contributed by atoms with Crippen molar-refractivity contribution in [2.24, 2.45) is 11.1 Å². The van der Waals surface area contributed by atoms with E-state index >= 15 is 0 Å². The van der Waals surface area contributed by atoms with Gasteiger partial charge in [-0.25, -0.2) is 13.1 Å². The third-order valence-electron chi connectivity index (χ3n) is 3.21. The van der Waals surface area contributed by atoms with Gasteiger partial charge in [-0.1, -0.05) is 32.0 Å². The Morgan fingerprint density at radius 1 is 1.30 bits per heavy atom. The van der Waals surface area contributed by atoms with E-state index in [1.54, 1.807) is 31.4 Å². The van der Waals surface area contributed by atoms with Crippen molar-refractivity contribution in [3.05, 3.63) is 29.8 Å². The Balaban J connectivity index is 2.80. The van der Waals surface area contributed by atoms with E-state index in [1.807, 2.05) is 13.8 Å². The fourth-order valence-corrected chi connectivity index (χ4v) is 3.26. The molecule has 0 radical (unpaired) electrons. The molecule has 0 unspecified atom stereocenters. The fourth-order valence-electron chi connectivity index (χ4n) is 1.77. The Hall–Kier alpha value is -0.950. The normalized spacial score (nSPS) is 12.6. The first-order valence-corrected chi connectivity index (χ1v) is 8.07. The van der Waals surface area contributed by atoms with Crippen LogP contribution in [0.5, 0.6) is 0 Å². The molecule has 1 aromatic carbocycles. The van der Waals surface area contributed by atoms with E-state index in [4.69, 9.17) is 10.5 Å². The van der Waals surface area contributed by atoms with Crippen molar-refractivity contribution in [1.82, 2.24) is 4.72 Å². The van der Waals surface area contributed by atoms with Crippen molar-refractivity contribution in [2.45, 2.75) is 31.7 Å². The fraction of sp³-hybridized carbons (Fsp3) is 0.571. The molecule has 0 amide bonds. The molecule has 114 valence electrons. The third kappa shape index (κ3) is 4.86. The average Bonchev–Trinajstić information content (AvgIpc) is 2.43. The predicted octanol–water partition coefficient (Wildman–Crippen LogP) is 1.49. The largest absolute Gasteiger partial charge is 0.385 e. The summed E-state index contributed by atoms with van der Waals surface area (Å²) in [5.74, 6) is 0. The highest BCUT2D eigenvalue weighted by Gasteiger charge is 2.23. The standard InChI is InChI=1S/C14H24N2O3S/c1-14(2,8-9-19-3)11-16-20(17,18)13-7-5-4-6-12(13)10-15/h4-7,16H,8-11,15H2,1-3H3. The first-order chi connectivity index (χ1) is 9.32. The number of benzene rings is 1. The number of rotatable bonds is 8. The van der Waals surface area contributed by atoms with Crippen LogP contribution in [0.15, 0.2) is 29.2 Å². The minimum Gasteiger partial charge on any atom is -0.385 e. The highest BCUT2D eigenvalue weighted by atomic mass is 32.2. The number of ether oxygens (including phenoxy) is 1. The molecule has 20 heavy (non-hydrogen) atoms. The van der Waals surface area contributed by atoms with E-state index in [0.717, 1.165) is 6.42 Å².